The SMILES string of the molecule is CCCCCCCC[N+](CC)(CC)CC.F[B-](F)(F)F. The van der Waals surface area contributed by atoms with Gasteiger partial charge in [0, 0.05) is 0 Å². The van der Waals surface area contributed by atoms with Crippen LogP contribution < -0.4 is 0 Å². The molecule has 0 N–H and O–H groups in total. The fourth-order valence-corrected chi connectivity index (χ4v) is 2.37. The number of nitrogens with zero attached hydrogens (tertiary/aromatic N) is 1. The number of quaternary nitrogens is 1. The molecule has 0 aromatic heterocycles. The Balaban J connectivity index is 0. The largest absolute Gasteiger partial charge is 0.673 e. The van der Waals surface area contributed by atoms with Crippen LogP contribution in [0.2, 0.25) is 0 Å². The van der Waals surface area contributed by atoms with Gasteiger partial charge in [-0.25, -0.2) is 0 Å². The third-order valence-corrected chi connectivity index (χ3v) is 4.00. The van der Waals surface area contributed by atoms with E-state index < -0.39 is 7.25 Å². The molecule has 0 saturated heterocycles. The summed E-state index contributed by atoms with van der Waals surface area (Å²) < 4.78 is 40.3. The number of hydrogen-bond acceptors (Lipinski definition) is 0. The van der Waals surface area contributed by atoms with E-state index in [2.05, 4.69) is 27.7 Å². The monoisotopic (exact) mass is 301 g/mol. The van der Waals surface area contributed by atoms with Crippen LogP contribution in [0.4, 0.5) is 17.3 Å². The van der Waals surface area contributed by atoms with Crippen molar-refractivity contribution >= 4 is 7.25 Å². The van der Waals surface area contributed by atoms with E-state index in [1.54, 1.807) is 0 Å². The molecule has 0 bridgehead atoms. The highest BCUT2D eigenvalue weighted by atomic mass is 19.5. The molecule has 0 atom stereocenters. The summed E-state index contributed by atoms with van der Waals surface area (Å²) in [6.07, 6.45) is 8.55. The first-order valence-electron chi connectivity index (χ1n) is 7.97. The Labute approximate surface area is 122 Å². The molecule has 1 nitrogen and oxygen atoms in total. The molecule has 20 heavy (non-hydrogen) atoms. The summed E-state index contributed by atoms with van der Waals surface area (Å²) >= 11 is 0. The second-order valence-electron chi connectivity index (χ2n) is 5.28. The van der Waals surface area contributed by atoms with Crippen LogP contribution in [0.1, 0.15) is 66.2 Å². The van der Waals surface area contributed by atoms with Crippen molar-refractivity contribution < 1.29 is 21.7 Å². The standard InChI is InChI=1S/C14H32N.BF4/c1-5-9-10-11-12-13-14-15(6-2,7-3)8-4;2-1(3,4)5/h5-14H2,1-4H3;/q+1;-1. The van der Waals surface area contributed by atoms with E-state index in [4.69, 9.17) is 0 Å². The minimum atomic E-state index is -6.00. The number of hydrogen-bond donors (Lipinski definition) is 0. The zero-order valence-electron chi connectivity index (χ0n) is 13.6. The Hall–Kier alpha value is -0.255. The van der Waals surface area contributed by atoms with Crippen LogP contribution in [0.5, 0.6) is 0 Å². The van der Waals surface area contributed by atoms with Crippen molar-refractivity contribution in [2.45, 2.75) is 66.2 Å². The summed E-state index contributed by atoms with van der Waals surface area (Å²) in [6.45, 7) is 14.6. The lowest BCUT2D eigenvalue weighted by atomic mass is 10.1. The molecule has 0 amide bonds. The fourth-order valence-electron chi connectivity index (χ4n) is 2.37. The van der Waals surface area contributed by atoms with Crippen molar-refractivity contribution in [2.75, 3.05) is 26.2 Å². The summed E-state index contributed by atoms with van der Waals surface area (Å²) in [5.74, 6) is 0. The van der Waals surface area contributed by atoms with E-state index in [-0.39, 0.29) is 0 Å². The van der Waals surface area contributed by atoms with E-state index in [9.17, 15) is 17.3 Å². The smallest absolute Gasteiger partial charge is 0.418 e. The summed E-state index contributed by atoms with van der Waals surface area (Å²) in [5.41, 5.74) is 0. The predicted octanol–water partition coefficient (Wildman–Crippen LogP) is 5.52. The number of unbranched alkanes of at least 4 members (excludes halogenated alkanes) is 5. The van der Waals surface area contributed by atoms with Crippen LogP contribution >= 0.6 is 0 Å². The quantitative estimate of drug-likeness (QED) is 0.215. The molecule has 0 aromatic rings. The van der Waals surface area contributed by atoms with Crippen LogP contribution in [0.3, 0.4) is 0 Å². The van der Waals surface area contributed by atoms with Gasteiger partial charge >= 0.3 is 7.25 Å². The average molecular weight is 301 g/mol. The Morgan fingerprint density at radius 1 is 0.650 bits per heavy atom. The Kier molecular flexibility index (Phi) is 13.8. The van der Waals surface area contributed by atoms with Gasteiger partial charge in [0.2, 0.25) is 0 Å². The van der Waals surface area contributed by atoms with Crippen molar-refractivity contribution in [2.24, 2.45) is 0 Å². The molecule has 0 aliphatic carbocycles. The lowest BCUT2D eigenvalue weighted by Gasteiger charge is -2.35. The normalized spacial score (nSPS) is 12.0. The summed E-state index contributed by atoms with van der Waals surface area (Å²) in [4.78, 5) is 0. The second kappa shape index (κ2) is 12.5. The summed E-state index contributed by atoms with van der Waals surface area (Å²) in [7, 11) is -6.00. The minimum absolute atomic E-state index is 1.31. The van der Waals surface area contributed by atoms with Gasteiger partial charge in [0.15, 0.2) is 0 Å². The third kappa shape index (κ3) is 15.8. The van der Waals surface area contributed by atoms with Crippen molar-refractivity contribution in [1.29, 1.82) is 0 Å². The van der Waals surface area contributed by atoms with Crippen LogP contribution in [0.15, 0.2) is 0 Å². The average Bonchev–Trinajstić information content (AvgIpc) is 2.37. The fraction of sp³-hybridized carbons (Fsp3) is 1.00. The van der Waals surface area contributed by atoms with Gasteiger partial charge in [-0.15, -0.1) is 0 Å². The second-order valence-corrected chi connectivity index (χ2v) is 5.28. The Bertz CT molecular complexity index is 192. The number of halogens is 4. The maximum Gasteiger partial charge on any atom is 0.673 e. The third-order valence-electron chi connectivity index (χ3n) is 4.00. The van der Waals surface area contributed by atoms with Gasteiger partial charge in [-0.1, -0.05) is 32.6 Å². The van der Waals surface area contributed by atoms with Crippen molar-refractivity contribution in [3.05, 3.63) is 0 Å². The predicted molar refractivity (Wildman–Crippen MR) is 80.3 cm³/mol. The summed E-state index contributed by atoms with van der Waals surface area (Å²) in [6, 6.07) is 0. The lowest BCUT2D eigenvalue weighted by molar-refractivity contribution is -0.923. The zero-order valence-corrected chi connectivity index (χ0v) is 13.6. The van der Waals surface area contributed by atoms with E-state index in [1.807, 2.05) is 0 Å². The van der Waals surface area contributed by atoms with Gasteiger partial charge in [-0.3, -0.25) is 0 Å². The highest BCUT2D eigenvalue weighted by molar-refractivity contribution is 6.50. The molecule has 0 spiro atoms. The maximum atomic E-state index is 9.75. The molecule has 0 fully saturated rings. The molecule has 0 aliphatic heterocycles. The molecule has 0 aromatic carbocycles. The van der Waals surface area contributed by atoms with E-state index in [0.717, 1.165) is 0 Å². The highest BCUT2D eigenvalue weighted by Gasteiger charge is 2.20. The van der Waals surface area contributed by atoms with Crippen molar-refractivity contribution in [1.82, 2.24) is 0 Å². The van der Waals surface area contributed by atoms with Gasteiger partial charge < -0.3 is 21.7 Å². The minimum Gasteiger partial charge on any atom is -0.418 e. The topological polar surface area (TPSA) is 0 Å². The molecule has 0 saturated carbocycles. The van der Waals surface area contributed by atoms with Crippen LogP contribution in [0, 0.1) is 0 Å². The van der Waals surface area contributed by atoms with Gasteiger partial charge in [-0.2, -0.15) is 0 Å². The van der Waals surface area contributed by atoms with Gasteiger partial charge in [0.25, 0.3) is 0 Å². The van der Waals surface area contributed by atoms with Gasteiger partial charge in [0.1, 0.15) is 0 Å². The Morgan fingerprint density at radius 3 is 1.35 bits per heavy atom. The lowest BCUT2D eigenvalue weighted by Crippen LogP contribution is -2.48. The van der Waals surface area contributed by atoms with E-state index in [1.165, 1.54) is 69.2 Å². The molecular weight excluding hydrogens is 269 g/mol. The molecular formula is C14H32BF4N. The molecule has 6 heteroatoms. The first-order valence-corrected chi connectivity index (χ1v) is 7.97. The Morgan fingerprint density at radius 2 is 1.00 bits per heavy atom. The van der Waals surface area contributed by atoms with E-state index in [0.29, 0.717) is 0 Å². The van der Waals surface area contributed by atoms with Crippen LogP contribution in [-0.4, -0.2) is 37.9 Å². The molecule has 0 unspecified atom stereocenters. The molecule has 0 aliphatic rings. The van der Waals surface area contributed by atoms with Crippen molar-refractivity contribution in [3.63, 3.8) is 0 Å². The first kappa shape index (κ1) is 22.0. The van der Waals surface area contributed by atoms with Crippen molar-refractivity contribution in [3.8, 4) is 0 Å². The van der Waals surface area contributed by atoms with E-state index >= 15 is 0 Å². The molecule has 0 radical (unpaired) electrons. The number of rotatable bonds is 10. The van der Waals surface area contributed by atoms with Gasteiger partial charge in [-0.05, 0) is 33.6 Å². The molecule has 124 valence electrons. The maximum absolute atomic E-state index is 9.75. The summed E-state index contributed by atoms with van der Waals surface area (Å²) in [5, 5.41) is 0. The van der Waals surface area contributed by atoms with Gasteiger partial charge in [0.05, 0.1) is 26.2 Å². The molecule has 0 heterocycles. The zero-order chi connectivity index (χ0) is 16.1. The van der Waals surface area contributed by atoms with Crippen LogP contribution in [-0.2, 0) is 0 Å². The highest BCUT2D eigenvalue weighted by Crippen LogP contribution is 2.11. The molecule has 0 rings (SSSR count). The first-order chi connectivity index (χ1) is 9.24. The van der Waals surface area contributed by atoms with Crippen LogP contribution in [0.25, 0.3) is 0 Å².